The number of rotatable bonds is 3. The molecule has 1 unspecified atom stereocenters. The van der Waals surface area contributed by atoms with Crippen molar-refractivity contribution in [1.29, 1.82) is 0 Å². The summed E-state index contributed by atoms with van der Waals surface area (Å²) >= 11 is 0. The van der Waals surface area contributed by atoms with E-state index < -0.39 is 0 Å². The maximum atomic E-state index is 5.61. The second-order valence-electron chi connectivity index (χ2n) is 4.19. The van der Waals surface area contributed by atoms with Crippen molar-refractivity contribution in [2.24, 2.45) is 5.84 Å². The Morgan fingerprint density at radius 3 is 2.84 bits per heavy atom. The highest BCUT2D eigenvalue weighted by molar-refractivity contribution is 5.53. The van der Waals surface area contributed by atoms with E-state index in [1.807, 2.05) is 24.3 Å². The number of anilines is 3. The lowest BCUT2D eigenvalue weighted by atomic mass is 10.1. The number of para-hydroxylation sites is 1. The zero-order chi connectivity index (χ0) is 13.2. The lowest BCUT2D eigenvalue weighted by molar-refractivity contribution is 0.339. The van der Waals surface area contributed by atoms with Gasteiger partial charge >= 0.3 is 0 Å². The maximum Gasteiger partial charge on any atom is 0.223 e. The molecule has 0 amide bonds. The van der Waals surface area contributed by atoms with Crippen LogP contribution < -0.4 is 27.1 Å². The number of benzene rings is 1. The Balaban J connectivity index is 1.85. The number of fused-ring (bicyclic) bond motifs is 1. The molecule has 1 aliphatic heterocycles. The summed E-state index contributed by atoms with van der Waals surface area (Å²) < 4.78 is 5.59. The topological polar surface area (TPSA) is 111 Å². The van der Waals surface area contributed by atoms with Gasteiger partial charge in [-0.1, -0.05) is 18.2 Å². The van der Waals surface area contributed by atoms with E-state index in [9.17, 15) is 0 Å². The summed E-state index contributed by atoms with van der Waals surface area (Å²) in [5.74, 6) is 7.43. The highest BCUT2D eigenvalue weighted by atomic mass is 16.5. The predicted octanol–water partition coefficient (Wildman–Crippen LogP) is 0.890. The van der Waals surface area contributed by atoms with Gasteiger partial charge in [0.2, 0.25) is 5.95 Å². The van der Waals surface area contributed by atoms with Crippen molar-refractivity contribution in [1.82, 2.24) is 9.97 Å². The van der Waals surface area contributed by atoms with Gasteiger partial charge in [0, 0.05) is 11.6 Å². The van der Waals surface area contributed by atoms with Crippen LogP contribution in [-0.4, -0.2) is 16.6 Å². The Morgan fingerprint density at radius 2 is 2.00 bits per heavy atom. The van der Waals surface area contributed by atoms with Crippen LogP contribution in [0.5, 0.6) is 5.75 Å². The minimum absolute atomic E-state index is 0.0381. The van der Waals surface area contributed by atoms with Gasteiger partial charge in [0.1, 0.15) is 24.0 Å². The van der Waals surface area contributed by atoms with E-state index in [4.69, 9.17) is 16.3 Å². The van der Waals surface area contributed by atoms with E-state index in [0.717, 1.165) is 11.3 Å². The van der Waals surface area contributed by atoms with Gasteiger partial charge in [-0.3, -0.25) is 0 Å². The van der Waals surface area contributed by atoms with Crippen LogP contribution in [0.3, 0.4) is 0 Å². The van der Waals surface area contributed by atoms with E-state index in [0.29, 0.717) is 18.2 Å². The molecular formula is C12H14N6O. The van der Waals surface area contributed by atoms with Crippen LogP contribution in [0, 0.1) is 0 Å². The van der Waals surface area contributed by atoms with Crippen molar-refractivity contribution >= 4 is 17.6 Å². The van der Waals surface area contributed by atoms with Crippen molar-refractivity contribution in [2.75, 3.05) is 23.1 Å². The van der Waals surface area contributed by atoms with Crippen LogP contribution in [0.15, 0.2) is 30.3 Å². The van der Waals surface area contributed by atoms with E-state index in [2.05, 4.69) is 20.7 Å². The predicted molar refractivity (Wildman–Crippen MR) is 72.6 cm³/mol. The average molecular weight is 258 g/mol. The smallest absolute Gasteiger partial charge is 0.223 e. The Kier molecular flexibility index (Phi) is 2.81. The minimum Gasteiger partial charge on any atom is -0.491 e. The molecule has 0 bridgehead atoms. The molecule has 1 aromatic carbocycles. The molecule has 6 N–H and O–H groups in total. The largest absolute Gasteiger partial charge is 0.491 e. The first kappa shape index (κ1) is 11.5. The normalized spacial score (nSPS) is 16.6. The highest BCUT2D eigenvalue weighted by Crippen LogP contribution is 2.33. The molecule has 2 aromatic rings. The first-order valence-electron chi connectivity index (χ1n) is 5.85. The summed E-state index contributed by atoms with van der Waals surface area (Å²) in [7, 11) is 0. The maximum absolute atomic E-state index is 5.61. The van der Waals surface area contributed by atoms with Gasteiger partial charge in [-0.25, -0.2) is 5.84 Å². The molecule has 3 rings (SSSR count). The number of aromatic nitrogens is 2. The molecule has 0 saturated carbocycles. The minimum atomic E-state index is 0.0381. The zero-order valence-corrected chi connectivity index (χ0v) is 10.1. The summed E-state index contributed by atoms with van der Waals surface area (Å²) in [5.41, 5.74) is 9.16. The van der Waals surface area contributed by atoms with Gasteiger partial charge < -0.3 is 21.2 Å². The van der Waals surface area contributed by atoms with Crippen LogP contribution in [0.1, 0.15) is 11.6 Å². The number of nitrogens with zero attached hydrogens (tertiary/aromatic N) is 2. The fraction of sp³-hybridized carbons (Fsp3) is 0.167. The Labute approximate surface area is 110 Å². The lowest BCUT2D eigenvalue weighted by Crippen LogP contribution is -2.15. The molecule has 0 fully saturated rings. The highest BCUT2D eigenvalue weighted by Gasteiger charge is 2.23. The molecule has 0 spiro atoms. The number of ether oxygens (including phenoxy) is 1. The lowest BCUT2D eigenvalue weighted by Gasteiger charge is -2.13. The number of nitrogens with one attached hydrogen (secondary N) is 2. The van der Waals surface area contributed by atoms with Crippen LogP contribution in [0.4, 0.5) is 17.6 Å². The molecule has 0 saturated heterocycles. The third kappa shape index (κ3) is 2.23. The number of hydrogen-bond acceptors (Lipinski definition) is 7. The van der Waals surface area contributed by atoms with Gasteiger partial charge in [0.25, 0.3) is 0 Å². The molecule has 2 heterocycles. The number of nitrogens with two attached hydrogens (primary N) is 2. The summed E-state index contributed by atoms with van der Waals surface area (Å²) in [6, 6.07) is 9.61. The van der Waals surface area contributed by atoms with Crippen molar-refractivity contribution in [2.45, 2.75) is 6.04 Å². The second-order valence-corrected chi connectivity index (χ2v) is 4.19. The Bertz CT molecular complexity index is 603. The molecule has 7 heteroatoms. The first-order valence-corrected chi connectivity index (χ1v) is 5.85. The molecular weight excluding hydrogens is 244 g/mol. The molecule has 1 atom stereocenters. The first-order chi connectivity index (χ1) is 9.26. The number of hydrazine groups is 1. The fourth-order valence-electron chi connectivity index (χ4n) is 2.07. The Morgan fingerprint density at radius 1 is 1.21 bits per heavy atom. The third-order valence-electron chi connectivity index (χ3n) is 2.91. The van der Waals surface area contributed by atoms with Crippen molar-refractivity contribution < 1.29 is 4.74 Å². The second kappa shape index (κ2) is 4.62. The number of hydrogen-bond donors (Lipinski definition) is 4. The molecule has 1 aromatic heterocycles. The molecule has 0 radical (unpaired) electrons. The van der Waals surface area contributed by atoms with Crippen molar-refractivity contribution in [3.63, 3.8) is 0 Å². The Hall–Kier alpha value is -2.54. The van der Waals surface area contributed by atoms with Crippen LogP contribution >= 0.6 is 0 Å². The third-order valence-corrected chi connectivity index (χ3v) is 2.91. The quantitative estimate of drug-likeness (QED) is 0.478. The van der Waals surface area contributed by atoms with Crippen molar-refractivity contribution in [3.05, 3.63) is 35.9 Å². The standard InChI is InChI=1S/C12H14N6O/c13-12-16-10(5-11(17-12)18-14)15-8-6-19-9-4-2-1-3-7(8)9/h1-5,8H,6,14H2,(H4,13,15,16,17,18). The molecule has 98 valence electrons. The molecule has 0 aliphatic carbocycles. The van der Waals surface area contributed by atoms with E-state index in [1.165, 1.54) is 0 Å². The number of nitrogen functional groups attached to an aromatic ring is 2. The fourth-order valence-corrected chi connectivity index (χ4v) is 2.07. The summed E-state index contributed by atoms with van der Waals surface area (Å²) in [6.45, 7) is 0.550. The summed E-state index contributed by atoms with van der Waals surface area (Å²) in [5, 5.41) is 3.26. The van der Waals surface area contributed by atoms with Gasteiger partial charge in [0.05, 0.1) is 6.04 Å². The van der Waals surface area contributed by atoms with E-state index in [-0.39, 0.29) is 12.0 Å². The monoisotopic (exact) mass is 258 g/mol. The van der Waals surface area contributed by atoms with E-state index >= 15 is 0 Å². The SMILES string of the molecule is NNc1cc(NC2COc3ccccc32)nc(N)n1. The van der Waals surface area contributed by atoms with Gasteiger partial charge in [-0.2, -0.15) is 9.97 Å². The molecule has 1 aliphatic rings. The molecule has 7 nitrogen and oxygen atoms in total. The zero-order valence-electron chi connectivity index (χ0n) is 10.1. The molecule has 19 heavy (non-hydrogen) atoms. The van der Waals surface area contributed by atoms with Gasteiger partial charge in [-0.15, -0.1) is 0 Å². The van der Waals surface area contributed by atoms with Crippen LogP contribution in [0.2, 0.25) is 0 Å². The summed E-state index contributed by atoms with van der Waals surface area (Å²) in [4.78, 5) is 8.05. The van der Waals surface area contributed by atoms with Gasteiger partial charge in [0.15, 0.2) is 0 Å². The van der Waals surface area contributed by atoms with Crippen LogP contribution in [-0.2, 0) is 0 Å². The van der Waals surface area contributed by atoms with E-state index in [1.54, 1.807) is 6.07 Å². The van der Waals surface area contributed by atoms with Crippen LogP contribution in [0.25, 0.3) is 0 Å². The average Bonchev–Trinajstić information content (AvgIpc) is 2.82. The van der Waals surface area contributed by atoms with Gasteiger partial charge in [-0.05, 0) is 6.07 Å². The van der Waals surface area contributed by atoms with Crippen molar-refractivity contribution in [3.8, 4) is 5.75 Å². The summed E-state index contributed by atoms with van der Waals surface area (Å²) in [6.07, 6.45) is 0.